The molecule has 3 rings (SSSR count). The minimum absolute atomic E-state index is 0.0103. The number of ether oxygens (including phenoxy) is 1. The Balaban J connectivity index is 1.94. The van der Waals surface area contributed by atoms with Crippen molar-refractivity contribution in [3.63, 3.8) is 0 Å². The highest BCUT2D eigenvalue weighted by atomic mass is 16.6. The number of anilines is 1. The Labute approximate surface area is 122 Å². The number of hydrogen-bond acceptors (Lipinski definition) is 6. The van der Waals surface area contributed by atoms with Crippen LogP contribution in [0.5, 0.6) is 0 Å². The van der Waals surface area contributed by atoms with Crippen molar-refractivity contribution in [1.29, 1.82) is 0 Å². The summed E-state index contributed by atoms with van der Waals surface area (Å²) in [5.41, 5.74) is 0.643. The average molecular weight is 291 g/mol. The van der Waals surface area contributed by atoms with Crippen LogP contribution in [0.1, 0.15) is 16.8 Å². The van der Waals surface area contributed by atoms with E-state index in [2.05, 4.69) is 21.6 Å². The van der Waals surface area contributed by atoms with Crippen LogP contribution >= 0.6 is 0 Å². The Kier molecular flexibility index (Phi) is 3.29. The Hall–Kier alpha value is -2.15. The van der Waals surface area contributed by atoms with Crippen molar-refractivity contribution in [2.45, 2.75) is 18.5 Å². The van der Waals surface area contributed by atoms with E-state index >= 15 is 0 Å². The number of piperazine rings is 1. The van der Waals surface area contributed by atoms with Gasteiger partial charge in [0.1, 0.15) is 5.56 Å². The first-order valence-corrected chi connectivity index (χ1v) is 6.85. The Morgan fingerprint density at radius 3 is 2.67 bits per heavy atom. The molecule has 2 unspecified atom stereocenters. The molecule has 7 nitrogen and oxygen atoms in total. The highest BCUT2D eigenvalue weighted by Crippen LogP contribution is 2.35. The minimum atomic E-state index is -0.676. The lowest BCUT2D eigenvalue weighted by Gasteiger charge is -2.33. The summed E-state index contributed by atoms with van der Waals surface area (Å²) in [6, 6.07) is 5.60. The van der Waals surface area contributed by atoms with Gasteiger partial charge in [-0.25, -0.2) is 4.79 Å². The maximum absolute atomic E-state index is 11.8. The molecule has 2 saturated heterocycles. The van der Waals surface area contributed by atoms with Gasteiger partial charge in [-0.05, 0) is 25.6 Å². The van der Waals surface area contributed by atoms with Crippen LogP contribution in [0.4, 0.5) is 11.4 Å². The number of likely N-dealkylation sites (N-methyl/N-ethyl adjacent to an activating group) is 1. The first-order chi connectivity index (χ1) is 10.0. The van der Waals surface area contributed by atoms with Gasteiger partial charge in [-0.2, -0.15) is 0 Å². The molecule has 1 aromatic rings. The molecule has 2 heterocycles. The third kappa shape index (κ3) is 2.23. The molecule has 0 amide bonds. The van der Waals surface area contributed by atoms with E-state index < -0.39 is 10.9 Å². The molecular weight excluding hydrogens is 274 g/mol. The monoisotopic (exact) mass is 291 g/mol. The van der Waals surface area contributed by atoms with Crippen molar-refractivity contribution < 1.29 is 14.5 Å². The van der Waals surface area contributed by atoms with Crippen molar-refractivity contribution in [2.75, 3.05) is 32.1 Å². The van der Waals surface area contributed by atoms with E-state index in [9.17, 15) is 14.9 Å². The number of nitro groups is 1. The van der Waals surface area contributed by atoms with Crippen LogP contribution in [-0.2, 0) is 4.74 Å². The van der Waals surface area contributed by atoms with E-state index in [1.54, 1.807) is 12.1 Å². The quantitative estimate of drug-likeness (QED) is 0.474. The normalized spacial score (nSPS) is 24.4. The standard InChI is InChI=1S/C14H17N3O4/c1-15-7-11-5-10(15)8-16(11)9-3-4-13(17(19)20)12(6-9)14(18)21-2/h3-4,6,10-11H,5,7-8H2,1-2H3. The lowest BCUT2D eigenvalue weighted by Crippen LogP contribution is -2.44. The van der Waals surface area contributed by atoms with Gasteiger partial charge in [0.25, 0.3) is 5.69 Å². The smallest absolute Gasteiger partial charge is 0.344 e. The second-order valence-electron chi connectivity index (χ2n) is 5.59. The van der Waals surface area contributed by atoms with Crippen LogP contribution in [0.2, 0.25) is 0 Å². The van der Waals surface area contributed by atoms with E-state index in [1.807, 2.05) is 0 Å². The number of benzene rings is 1. The average Bonchev–Trinajstić information content (AvgIpc) is 3.04. The van der Waals surface area contributed by atoms with Crippen molar-refractivity contribution in [3.05, 3.63) is 33.9 Å². The summed E-state index contributed by atoms with van der Waals surface area (Å²) in [5, 5.41) is 11.0. The second kappa shape index (κ2) is 5.00. The van der Waals surface area contributed by atoms with Crippen LogP contribution < -0.4 is 4.90 Å². The summed E-state index contributed by atoms with van der Waals surface area (Å²) >= 11 is 0. The van der Waals surface area contributed by atoms with Gasteiger partial charge in [-0.3, -0.25) is 15.0 Å². The number of rotatable bonds is 3. The zero-order valence-electron chi connectivity index (χ0n) is 12.0. The summed E-state index contributed by atoms with van der Waals surface area (Å²) in [6.07, 6.45) is 1.10. The minimum Gasteiger partial charge on any atom is -0.465 e. The number of carbonyl (C=O) groups is 1. The van der Waals surface area contributed by atoms with E-state index in [0.29, 0.717) is 12.1 Å². The van der Waals surface area contributed by atoms with Crippen molar-refractivity contribution in [3.8, 4) is 0 Å². The third-order valence-electron chi connectivity index (χ3n) is 4.43. The number of nitro benzene ring substituents is 1. The molecule has 2 aliphatic heterocycles. The largest absolute Gasteiger partial charge is 0.465 e. The van der Waals surface area contributed by atoms with E-state index in [-0.39, 0.29) is 11.3 Å². The molecule has 0 radical (unpaired) electrons. The predicted molar refractivity (Wildman–Crippen MR) is 76.6 cm³/mol. The fourth-order valence-electron chi connectivity index (χ4n) is 3.32. The molecule has 2 fully saturated rings. The molecule has 2 bridgehead atoms. The van der Waals surface area contributed by atoms with Crippen LogP contribution in [0, 0.1) is 10.1 Å². The number of likely N-dealkylation sites (tertiary alicyclic amines) is 1. The maximum atomic E-state index is 11.8. The zero-order valence-corrected chi connectivity index (χ0v) is 12.0. The maximum Gasteiger partial charge on any atom is 0.344 e. The Morgan fingerprint density at radius 2 is 2.14 bits per heavy atom. The fraction of sp³-hybridized carbons (Fsp3) is 0.500. The molecule has 21 heavy (non-hydrogen) atoms. The lowest BCUT2D eigenvalue weighted by atomic mass is 10.1. The Morgan fingerprint density at radius 1 is 1.38 bits per heavy atom. The molecule has 2 atom stereocenters. The summed E-state index contributed by atoms with van der Waals surface area (Å²) in [6.45, 7) is 1.87. The summed E-state index contributed by atoms with van der Waals surface area (Å²) in [7, 11) is 3.34. The van der Waals surface area contributed by atoms with Crippen molar-refractivity contribution >= 4 is 17.3 Å². The summed E-state index contributed by atoms with van der Waals surface area (Å²) in [5.74, 6) is -0.676. The SMILES string of the molecule is COC(=O)c1cc(N2CC3CC2CN3C)ccc1[N+](=O)[O-]. The van der Waals surface area contributed by atoms with Gasteiger partial charge in [-0.1, -0.05) is 0 Å². The number of methoxy groups -OCH3 is 1. The van der Waals surface area contributed by atoms with Crippen LogP contribution in [-0.4, -0.2) is 55.1 Å². The second-order valence-corrected chi connectivity index (χ2v) is 5.59. The number of fused-ring (bicyclic) bond motifs is 2. The highest BCUT2D eigenvalue weighted by Gasteiger charge is 2.41. The molecule has 0 aliphatic carbocycles. The first-order valence-electron chi connectivity index (χ1n) is 6.85. The zero-order chi connectivity index (χ0) is 15.1. The van der Waals surface area contributed by atoms with Crippen LogP contribution in [0.25, 0.3) is 0 Å². The molecular formula is C14H17N3O4. The van der Waals surface area contributed by atoms with Crippen LogP contribution in [0.15, 0.2) is 18.2 Å². The van der Waals surface area contributed by atoms with Gasteiger partial charge < -0.3 is 9.64 Å². The third-order valence-corrected chi connectivity index (χ3v) is 4.43. The molecule has 2 aliphatic rings. The molecule has 0 spiro atoms. The van der Waals surface area contributed by atoms with Gasteiger partial charge in [0.15, 0.2) is 0 Å². The molecule has 0 saturated carbocycles. The number of esters is 1. The topological polar surface area (TPSA) is 75.9 Å². The van der Waals surface area contributed by atoms with E-state index in [1.165, 1.54) is 13.2 Å². The molecule has 1 aromatic carbocycles. The van der Waals surface area contributed by atoms with Crippen LogP contribution in [0.3, 0.4) is 0 Å². The Bertz CT molecular complexity index is 602. The molecule has 0 aromatic heterocycles. The van der Waals surface area contributed by atoms with Gasteiger partial charge in [-0.15, -0.1) is 0 Å². The van der Waals surface area contributed by atoms with Gasteiger partial charge in [0, 0.05) is 36.9 Å². The molecule has 112 valence electrons. The van der Waals surface area contributed by atoms with Gasteiger partial charge >= 0.3 is 5.97 Å². The molecule has 0 N–H and O–H groups in total. The van der Waals surface area contributed by atoms with Gasteiger partial charge in [0.2, 0.25) is 0 Å². The number of carbonyl (C=O) groups excluding carboxylic acids is 1. The lowest BCUT2D eigenvalue weighted by molar-refractivity contribution is -0.385. The number of hydrogen-bond donors (Lipinski definition) is 0. The summed E-state index contributed by atoms with van der Waals surface area (Å²) in [4.78, 5) is 26.8. The van der Waals surface area contributed by atoms with E-state index in [0.717, 1.165) is 25.2 Å². The first kappa shape index (κ1) is 13.8. The fourth-order valence-corrected chi connectivity index (χ4v) is 3.32. The number of nitrogens with zero attached hydrogens (tertiary/aromatic N) is 3. The molecule has 7 heteroatoms. The summed E-state index contributed by atoms with van der Waals surface area (Å²) < 4.78 is 4.65. The highest BCUT2D eigenvalue weighted by molar-refractivity contribution is 5.95. The van der Waals surface area contributed by atoms with Crippen molar-refractivity contribution in [1.82, 2.24) is 4.90 Å². The van der Waals surface area contributed by atoms with Crippen molar-refractivity contribution in [2.24, 2.45) is 0 Å². The van der Waals surface area contributed by atoms with Gasteiger partial charge in [0.05, 0.1) is 12.0 Å². The van der Waals surface area contributed by atoms with E-state index in [4.69, 9.17) is 0 Å². The predicted octanol–water partition coefficient (Wildman–Crippen LogP) is 1.27.